The van der Waals surface area contributed by atoms with Gasteiger partial charge in [0.25, 0.3) is 5.56 Å². The third-order valence-corrected chi connectivity index (χ3v) is 2.91. The van der Waals surface area contributed by atoms with E-state index in [1.165, 1.54) is 22.8 Å². The number of H-pyrrole nitrogens is 1. The topological polar surface area (TPSA) is 70.4 Å². The zero-order chi connectivity index (χ0) is 13.4. The maximum absolute atomic E-state index is 13.3. The molecule has 0 bridgehead atoms. The number of halogens is 1. The van der Waals surface area contributed by atoms with Crippen LogP contribution in [0.5, 0.6) is 0 Å². The molecule has 0 saturated carbocycles. The Labute approximate surface area is 107 Å². The van der Waals surface area contributed by atoms with Crippen LogP contribution in [0.3, 0.4) is 0 Å². The molecule has 0 fully saturated rings. The summed E-state index contributed by atoms with van der Waals surface area (Å²) < 4.78 is 14.6. The first-order valence-corrected chi connectivity index (χ1v) is 5.66. The van der Waals surface area contributed by atoms with Crippen LogP contribution in [0.25, 0.3) is 16.8 Å². The molecule has 0 saturated heterocycles. The molecule has 6 heteroatoms. The van der Waals surface area contributed by atoms with E-state index in [1.807, 2.05) is 0 Å². The SMILES string of the molecule is O=c1[nH]ccn2nc(-c3cccc(F)c3)c(CO)c12. The fourth-order valence-electron chi connectivity index (χ4n) is 2.09. The number of aliphatic hydroxyl groups is 1. The number of hydrogen-bond acceptors (Lipinski definition) is 3. The van der Waals surface area contributed by atoms with Gasteiger partial charge in [0.15, 0.2) is 0 Å². The lowest BCUT2D eigenvalue weighted by Crippen LogP contribution is -2.09. The summed E-state index contributed by atoms with van der Waals surface area (Å²) in [5.74, 6) is -0.396. The van der Waals surface area contributed by atoms with Crippen LogP contribution in [-0.4, -0.2) is 19.7 Å². The van der Waals surface area contributed by atoms with Gasteiger partial charge in [-0.1, -0.05) is 12.1 Å². The summed E-state index contributed by atoms with van der Waals surface area (Å²) in [5.41, 5.74) is 1.23. The zero-order valence-electron chi connectivity index (χ0n) is 9.80. The second-order valence-corrected chi connectivity index (χ2v) is 4.08. The van der Waals surface area contributed by atoms with Crippen molar-refractivity contribution in [3.05, 3.63) is 58.4 Å². The minimum absolute atomic E-state index is 0.268. The first-order valence-electron chi connectivity index (χ1n) is 5.66. The van der Waals surface area contributed by atoms with Crippen LogP contribution >= 0.6 is 0 Å². The lowest BCUT2D eigenvalue weighted by molar-refractivity contribution is 0.283. The number of aliphatic hydroxyl groups excluding tert-OH is 1. The molecule has 1 aromatic carbocycles. The predicted octanol–water partition coefficient (Wildman–Crippen LogP) is 1.32. The first kappa shape index (κ1) is 11.6. The molecule has 0 unspecified atom stereocenters. The average molecular weight is 259 g/mol. The molecule has 0 aliphatic heterocycles. The van der Waals surface area contributed by atoms with E-state index in [0.29, 0.717) is 16.8 Å². The van der Waals surface area contributed by atoms with Gasteiger partial charge in [0, 0.05) is 23.5 Å². The van der Waals surface area contributed by atoms with Crippen molar-refractivity contribution >= 4 is 5.52 Å². The van der Waals surface area contributed by atoms with Gasteiger partial charge >= 0.3 is 0 Å². The van der Waals surface area contributed by atoms with Gasteiger partial charge in [0.1, 0.15) is 11.3 Å². The van der Waals surface area contributed by atoms with E-state index in [0.717, 1.165) is 0 Å². The maximum Gasteiger partial charge on any atom is 0.274 e. The van der Waals surface area contributed by atoms with Gasteiger partial charge < -0.3 is 10.1 Å². The fraction of sp³-hybridized carbons (Fsp3) is 0.0769. The van der Waals surface area contributed by atoms with Crippen molar-refractivity contribution in [2.24, 2.45) is 0 Å². The number of rotatable bonds is 2. The fourth-order valence-corrected chi connectivity index (χ4v) is 2.09. The van der Waals surface area contributed by atoms with E-state index >= 15 is 0 Å². The van der Waals surface area contributed by atoms with E-state index in [4.69, 9.17) is 0 Å². The summed E-state index contributed by atoms with van der Waals surface area (Å²) in [5, 5.41) is 13.7. The molecular weight excluding hydrogens is 249 g/mol. The van der Waals surface area contributed by atoms with Crippen LogP contribution in [0.4, 0.5) is 4.39 Å². The van der Waals surface area contributed by atoms with Crippen molar-refractivity contribution in [1.29, 1.82) is 0 Å². The van der Waals surface area contributed by atoms with Gasteiger partial charge in [-0.15, -0.1) is 0 Å². The summed E-state index contributed by atoms with van der Waals surface area (Å²) in [7, 11) is 0. The van der Waals surface area contributed by atoms with E-state index in [1.54, 1.807) is 18.3 Å². The van der Waals surface area contributed by atoms with Crippen molar-refractivity contribution < 1.29 is 9.50 Å². The number of hydrogen-bond donors (Lipinski definition) is 2. The smallest absolute Gasteiger partial charge is 0.274 e. The van der Waals surface area contributed by atoms with Crippen LogP contribution in [0.2, 0.25) is 0 Å². The van der Waals surface area contributed by atoms with Gasteiger partial charge in [-0.25, -0.2) is 8.91 Å². The second kappa shape index (κ2) is 4.33. The number of aromatic amines is 1. The molecule has 0 radical (unpaired) electrons. The van der Waals surface area contributed by atoms with Gasteiger partial charge in [0.05, 0.1) is 12.3 Å². The van der Waals surface area contributed by atoms with E-state index in [9.17, 15) is 14.3 Å². The van der Waals surface area contributed by atoms with Gasteiger partial charge in [-0.3, -0.25) is 4.79 Å². The zero-order valence-corrected chi connectivity index (χ0v) is 9.80. The second-order valence-electron chi connectivity index (χ2n) is 4.08. The molecule has 0 amide bonds. The quantitative estimate of drug-likeness (QED) is 0.729. The van der Waals surface area contributed by atoms with Crippen LogP contribution < -0.4 is 5.56 Å². The highest BCUT2D eigenvalue weighted by Gasteiger charge is 2.16. The summed E-state index contributed by atoms with van der Waals surface area (Å²) in [6, 6.07) is 5.87. The Kier molecular flexibility index (Phi) is 2.64. The molecule has 96 valence electrons. The van der Waals surface area contributed by atoms with Gasteiger partial charge in [-0.2, -0.15) is 5.10 Å². The number of nitrogens with zero attached hydrogens (tertiary/aromatic N) is 2. The highest BCUT2D eigenvalue weighted by atomic mass is 19.1. The summed E-state index contributed by atoms with van der Waals surface area (Å²) in [4.78, 5) is 14.3. The lowest BCUT2D eigenvalue weighted by atomic mass is 10.1. The molecule has 0 aliphatic rings. The van der Waals surface area contributed by atoms with Crippen LogP contribution in [0.1, 0.15) is 5.56 Å². The summed E-state index contributed by atoms with van der Waals surface area (Å²) >= 11 is 0. The monoisotopic (exact) mass is 259 g/mol. The molecule has 19 heavy (non-hydrogen) atoms. The van der Waals surface area contributed by atoms with Crippen molar-refractivity contribution in [2.75, 3.05) is 0 Å². The van der Waals surface area contributed by atoms with Crippen molar-refractivity contribution in [1.82, 2.24) is 14.6 Å². The third kappa shape index (κ3) is 1.82. The van der Waals surface area contributed by atoms with Crippen molar-refractivity contribution in [3.63, 3.8) is 0 Å². The van der Waals surface area contributed by atoms with Crippen molar-refractivity contribution in [2.45, 2.75) is 6.61 Å². The Morgan fingerprint density at radius 1 is 1.42 bits per heavy atom. The van der Waals surface area contributed by atoms with Gasteiger partial charge in [-0.05, 0) is 12.1 Å². The summed E-state index contributed by atoms with van der Waals surface area (Å²) in [6.07, 6.45) is 3.03. The normalized spacial score (nSPS) is 11.1. The number of nitrogens with one attached hydrogen (secondary N) is 1. The molecule has 5 nitrogen and oxygen atoms in total. The average Bonchev–Trinajstić information content (AvgIpc) is 2.78. The standard InChI is InChI=1S/C13H10FN3O2/c14-9-3-1-2-8(6-9)11-10(7-18)12-13(19)15-4-5-17(12)16-11/h1-6,18H,7H2,(H,15,19). The Balaban J connectivity index is 2.36. The minimum atomic E-state index is -0.396. The highest BCUT2D eigenvalue weighted by molar-refractivity contribution is 5.72. The van der Waals surface area contributed by atoms with Gasteiger partial charge in [0.2, 0.25) is 0 Å². The van der Waals surface area contributed by atoms with Crippen LogP contribution in [0, 0.1) is 5.82 Å². The third-order valence-electron chi connectivity index (χ3n) is 2.91. The number of fused-ring (bicyclic) bond motifs is 1. The van der Waals surface area contributed by atoms with E-state index in [2.05, 4.69) is 10.1 Å². The molecule has 0 atom stereocenters. The molecule has 3 aromatic rings. The minimum Gasteiger partial charge on any atom is -0.392 e. The molecular formula is C13H10FN3O2. The number of benzene rings is 1. The Morgan fingerprint density at radius 3 is 3.00 bits per heavy atom. The Hall–Kier alpha value is -2.47. The first-order chi connectivity index (χ1) is 9.20. The van der Waals surface area contributed by atoms with Crippen molar-refractivity contribution in [3.8, 4) is 11.3 Å². The van der Waals surface area contributed by atoms with Crippen LogP contribution in [0.15, 0.2) is 41.5 Å². The van der Waals surface area contributed by atoms with E-state index < -0.39 is 5.82 Å². The molecule has 2 aromatic heterocycles. The summed E-state index contributed by atoms with van der Waals surface area (Å²) in [6.45, 7) is -0.345. The van der Waals surface area contributed by atoms with Crippen LogP contribution in [-0.2, 0) is 6.61 Å². The number of aromatic nitrogens is 3. The molecule has 0 spiro atoms. The molecule has 2 N–H and O–H groups in total. The maximum atomic E-state index is 13.3. The van der Waals surface area contributed by atoms with E-state index in [-0.39, 0.29) is 17.7 Å². The lowest BCUT2D eigenvalue weighted by Gasteiger charge is -1.99. The largest absolute Gasteiger partial charge is 0.392 e. The highest BCUT2D eigenvalue weighted by Crippen LogP contribution is 2.25. The molecule has 2 heterocycles. The Bertz CT molecular complexity index is 807. The molecule has 3 rings (SSSR count). The molecule has 0 aliphatic carbocycles. The predicted molar refractivity (Wildman–Crippen MR) is 67.1 cm³/mol. The Morgan fingerprint density at radius 2 is 2.26 bits per heavy atom.